The first-order valence-corrected chi connectivity index (χ1v) is 32.8. The minimum absolute atomic E-state index is 0.185. The maximum absolute atomic E-state index is 12.7. The van der Waals surface area contributed by atoms with E-state index in [2.05, 4.69) is 62.0 Å². The Bertz CT molecular complexity index is 1660. The number of esters is 3. The van der Waals surface area contributed by atoms with Crippen LogP contribution in [0.5, 0.6) is 11.5 Å². The van der Waals surface area contributed by atoms with Gasteiger partial charge in [0.2, 0.25) is 0 Å². The summed E-state index contributed by atoms with van der Waals surface area (Å²) in [4.78, 5) is 54.5. The SMILES string of the molecule is CCCCCCCC/C=C\CCCCCCCC(=O)Oc1ccc(CC(=O)CCCCN(C)CCSSCCN(C)CCCOC(=O)Cc2ccc(OC(=O)CCCCCCC/C=C\CCCCCCCC)cc2)cc1. The van der Waals surface area contributed by atoms with E-state index in [9.17, 15) is 19.2 Å². The second-order valence-corrected chi connectivity index (χ2v) is 23.8. The number of carbonyl (C=O) groups is 4. The molecule has 2 aromatic carbocycles. The van der Waals surface area contributed by atoms with Gasteiger partial charge in [-0.25, -0.2) is 0 Å². The van der Waals surface area contributed by atoms with Gasteiger partial charge in [0.1, 0.15) is 17.3 Å². The Morgan fingerprint density at radius 2 is 0.776 bits per heavy atom. The second kappa shape index (κ2) is 49.9. The van der Waals surface area contributed by atoms with Crippen LogP contribution < -0.4 is 9.47 Å². The third-order valence-corrected chi connectivity index (χ3v) is 16.1. The lowest BCUT2D eigenvalue weighted by Gasteiger charge is -2.17. The van der Waals surface area contributed by atoms with Gasteiger partial charge >= 0.3 is 17.9 Å². The molecular formula is C65H106N2O7S2. The molecule has 0 unspecified atom stereocenters. The Kier molecular flexibility index (Phi) is 45.1. The Balaban J connectivity index is 1.38. The summed E-state index contributed by atoms with van der Waals surface area (Å²) in [5.74, 6) is 2.74. The van der Waals surface area contributed by atoms with Gasteiger partial charge in [-0.05, 0) is 140 Å². The van der Waals surface area contributed by atoms with Crippen LogP contribution in [0.2, 0.25) is 0 Å². The molecule has 0 aliphatic rings. The van der Waals surface area contributed by atoms with Crippen LogP contribution in [0, 0.1) is 0 Å². The summed E-state index contributed by atoms with van der Waals surface area (Å²) in [6.07, 6.45) is 46.0. The van der Waals surface area contributed by atoms with Crippen LogP contribution >= 0.6 is 21.6 Å². The van der Waals surface area contributed by atoms with Crippen molar-refractivity contribution in [3.63, 3.8) is 0 Å². The van der Waals surface area contributed by atoms with E-state index >= 15 is 0 Å². The molecule has 0 amide bonds. The zero-order valence-corrected chi connectivity index (χ0v) is 50.1. The lowest BCUT2D eigenvalue weighted by molar-refractivity contribution is -0.143. The number of allylic oxidation sites excluding steroid dienone is 4. The largest absolute Gasteiger partial charge is 0.465 e. The predicted octanol–water partition coefficient (Wildman–Crippen LogP) is 17.3. The summed E-state index contributed by atoms with van der Waals surface area (Å²) < 4.78 is 16.6. The van der Waals surface area contributed by atoms with Gasteiger partial charge in [-0.1, -0.05) is 187 Å². The van der Waals surface area contributed by atoms with Crippen LogP contribution in [0.1, 0.15) is 230 Å². The van der Waals surface area contributed by atoms with Crippen molar-refractivity contribution in [2.75, 3.05) is 58.4 Å². The highest BCUT2D eigenvalue weighted by Gasteiger charge is 2.11. The minimum Gasteiger partial charge on any atom is -0.465 e. The fourth-order valence-corrected chi connectivity index (χ4v) is 11.0. The van der Waals surface area contributed by atoms with Crippen LogP contribution in [0.4, 0.5) is 0 Å². The molecular weight excluding hydrogens is 985 g/mol. The summed E-state index contributed by atoms with van der Waals surface area (Å²) in [5.41, 5.74) is 1.79. The van der Waals surface area contributed by atoms with Gasteiger partial charge in [0.25, 0.3) is 0 Å². The summed E-state index contributed by atoms with van der Waals surface area (Å²) in [7, 11) is 8.05. The van der Waals surface area contributed by atoms with Crippen molar-refractivity contribution >= 4 is 45.3 Å². The van der Waals surface area contributed by atoms with Crippen molar-refractivity contribution in [1.82, 2.24) is 9.80 Å². The smallest absolute Gasteiger partial charge is 0.311 e. The molecule has 2 aromatic rings. The van der Waals surface area contributed by atoms with Crippen molar-refractivity contribution < 1.29 is 33.4 Å². The highest BCUT2D eigenvalue weighted by Crippen LogP contribution is 2.22. The maximum atomic E-state index is 12.7. The van der Waals surface area contributed by atoms with E-state index in [-0.39, 0.29) is 30.1 Å². The molecule has 0 heterocycles. The van der Waals surface area contributed by atoms with Gasteiger partial charge < -0.3 is 24.0 Å². The predicted molar refractivity (Wildman–Crippen MR) is 325 cm³/mol. The topological polar surface area (TPSA) is 102 Å². The fraction of sp³-hybridized carbons (Fsp3) is 0.692. The Labute approximate surface area is 472 Å². The number of benzene rings is 2. The fourth-order valence-electron chi connectivity index (χ4n) is 8.88. The summed E-state index contributed by atoms with van der Waals surface area (Å²) in [6.45, 7) is 8.74. The van der Waals surface area contributed by atoms with Crippen molar-refractivity contribution in [3.8, 4) is 11.5 Å². The molecule has 76 heavy (non-hydrogen) atoms. The second-order valence-electron chi connectivity index (χ2n) is 21.1. The standard InChI is InChI=1S/C65H106N2O7S2/c1-5-7-9-11-13-15-17-19-21-23-25-27-29-31-33-39-63(69)73-61-45-41-58(42-46-61)56-60(68)38-35-36-49-66(3)51-54-75-76-55-52-67(4)50-37-53-72-65(71)57-59-43-47-62(48-44-59)74-64(70)40-34-32-30-28-26-24-22-20-18-16-14-12-10-8-6-2/h19-22,41-48H,5-18,23-40,49-57H2,1-4H3/b21-19-,22-20-. The average Bonchev–Trinajstić information content (AvgIpc) is 3.41. The van der Waals surface area contributed by atoms with E-state index in [1.54, 1.807) is 24.3 Å². The molecule has 0 N–H and O–H groups in total. The molecule has 11 heteroatoms. The molecule has 0 aromatic heterocycles. The Hall–Kier alpha value is -3.38. The molecule has 0 atom stereocenters. The molecule has 430 valence electrons. The summed E-state index contributed by atoms with van der Waals surface area (Å²) in [5, 5.41) is 0. The average molecular weight is 1090 g/mol. The number of carbonyl (C=O) groups excluding carboxylic acids is 4. The highest BCUT2D eigenvalue weighted by molar-refractivity contribution is 8.76. The van der Waals surface area contributed by atoms with Crippen LogP contribution in [0.15, 0.2) is 72.8 Å². The van der Waals surface area contributed by atoms with E-state index in [1.807, 2.05) is 45.9 Å². The summed E-state index contributed by atoms with van der Waals surface area (Å²) in [6, 6.07) is 14.6. The van der Waals surface area contributed by atoms with Gasteiger partial charge in [-0.2, -0.15) is 0 Å². The lowest BCUT2D eigenvalue weighted by atomic mass is 10.0. The van der Waals surface area contributed by atoms with E-state index in [1.165, 1.54) is 116 Å². The van der Waals surface area contributed by atoms with Gasteiger partial charge in [-0.3, -0.25) is 19.2 Å². The van der Waals surface area contributed by atoms with E-state index in [4.69, 9.17) is 14.2 Å². The van der Waals surface area contributed by atoms with Crippen LogP contribution in [-0.4, -0.2) is 91.9 Å². The van der Waals surface area contributed by atoms with Crippen LogP contribution in [-0.2, 0) is 36.8 Å². The van der Waals surface area contributed by atoms with E-state index in [0.717, 1.165) is 119 Å². The normalized spacial score (nSPS) is 11.7. The first-order chi connectivity index (χ1) is 37.2. The van der Waals surface area contributed by atoms with Crippen molar-refractivity contribution in [2.24, 2.45) is 0 Å². The van der Waals surface area contributed by atoms with E-state index < -0.39 is 0 Å². The molecule has 0 aliphatic heterocycles. The van der Waals surface area contributed by atoms with E-state index in [0.29, 0.717) is 43.8 Å². The first kappa shape index (κ1) is 68.7. The van der Waals surface area contributed by atoms with Crippen molar-refractivity contribution in [2.45, 2.75) is 232 Å². The third kappa shape index (κ3) is 42.6. The van der Waals surface area contributed by atoms with Gasteiger partial charge in [0.05, 0.1) is 13.0 Å². The molecule has 2 rings (SSSR count). The molecule has 0 spiro atoms. The maximum Gasteiger partial charge on any atom is 0.311 e. The molecule has 0 saturated carbocycles. The van der Waals surface area contributed by atoms with Crippen LogP contribution in [0.3, 0.4) is 0 Å². The molecule has 9 nitrogen and oxygen atoms in total. The number of unbranched alkanes of at least 4 members (excludes halogenated alkanes) is 23. The van der Waals surface area contributed by atoms with Crippen LogP contribution in [0.25, 0.3) is 0 Å². The molecule has 0 radical (unpaired) electrons. The van der Waals surface area contributed by atoms with Crippen molar-refractivity contribution in [1.29, 1.82) is 0 Å². The quantitative estimate of drug-likeness (QED) is 0.0208. The molecule has 0 saturated heterocycles. The number of ether oxygens (including phenoxy) is 3. The number of rotatable bonds is 52. The molecule has 0 bridgehead atoms. The monoisotopic (exact) mass is 1090 g/mol. The molecule has 0 aliphatic carbocycles. The van der Waals surface area contributed by atoms with Gasteiger partial charge in [0.15, 0.2) is 0 Å². The number of nitrogens with zero attached hydrogens (tertiary/aromatic N) is 2. The number of hydrogen-bond donors (Lipinski definition) is 0. The van der Waals surface area contributed by atoms with Gasteiger partial charge in [0, 0.05) is 56.8 Å². The molecule has 0 fully saturated rings. The lowest BCUT2D eigenvalue weighted by Crippen LogP contribution is -2.24. The number of Topliss-reactive ketones (excluding diaryl/α,β-unsaturated/α-hetero) is 1. The number of hydrogen-bond acceptors (Lipinski definition) is 11. The third-order valence-electron chi connectivity index (χ3n) is 13.7. The van der Waals surface area contributed by atoms with Crippen molar-refractivity contribution in [3.05, 3.63) is 84.0 Å². The Morgan fingerprint density at radius 3 is 1.21 bits per heavy atom. The Morgan fingerprint density at radius 1 is 0.408 bits per heavy atom. The minimum atomic E-state index is -0.250. The highest BCUT2D eigenvalue weighted by atomic mass is 33.1. The number of ketones is 1. The first-order valence-electron chi connectivity index (χ1n) is 30.4. The van der Waals surface area contributed by atoms with Gasteiger partial charge in [-0.15, -0.1) is 0 Å². The summed E-state index contributed by atoms with van der Waals surface area (Å²) >= 11 is 0. The zero-order valence-electron chi connectivity index (χ0n) is 48.5. The zero-order chi connectivity index (χ0) is 54.8.